The van der Waals surface area contributed by atoms with Crippen molar-refractivity contribution in [3.63, 3.8) is 0 Å². The molecule has 9 heteroatoms. The predicted octanol–water partition coefficient (Wildman–Crippen LogP) is 3.24. The number of nitrogens with two attached hydrogens (primary N) is 2. The third-order valence-electron chi connectivity index (χ3n) is 5.79. The Morgan fingerprint density at radius 2 is 1.97 bits per heavy atom. The highest BCUT2D eigenvalue weighted by atomic mass is 16.7. The molecule has 0 atom stereocenters. The number of amidine groups is 1. The second-order valence-corrected chi connectivity index (χ2v) is 8.60. The summed E-state index contributed by atoms with van der Waals surface area (Å²) in [5, 5.41) is 1.37. The second-order valence-electron chi connectivity index (χ2n) is 8.60. The largest absolute Gasteiger partial charge is 0.399 e. The fraction of sp³-hybridized carbons (Fsp3) is 0.346. The SMILES string of the molecule is CCCN(OCc1ccc(N)cc1)C(=O)C1=Cc2ccc(C(=O)N3CCCOC3)cc2N=C(N)C1. The Morgan fingerprint density at radius 1 is 1.17 bits per heavy atom. The lowest BCUT2D eigenvalue weighted by atomic mass is 10.0. The first-order chi connectivity index (χ1) is 16.9. The monoisotopic (exact) mass is 477 g/mol. The molecule has 9 nitrogen and oxygen atoms in total. The van der Waals surface area contributed by atoms with Crippen molar-refractivity contribution in [3.8, 4) is 0 Å². The number of ether oxygens (including phenoxy) is 1. The molecule has 0 saturated carbocycles. The van der Waals surface area contributed by atoms with Crippen LogP contribution < -0.4 is 11.5 Å². The van der Waals surface area contributed by atoms with Gasteiger partial charge in [0.05, 0.1) is 12.3 Å². The third kappa shape index (κ3) is 6.06. The number of nitrogens with zero attached hydrogens (tertiary/aromatic N) is 3. The molecule has 0 spiro atoms. The first kappa shape index (κ1) is 24.4. The number of benzene rings is 2. The van der Waals surface area contributed by atoms with E-state index >= 15 is 0 Å². The van der Waals surface area contributed by atoms with E-state index in [1.165, 1.54) is 5.06 Å². The Labute approximate surface area is 204 Å². The molecule has 2 heterocycles. The van der Waals surface area contributed by atoms with Crippen LogP contribution in [0.15, 0.2) is 53.0 Å². The zero-order valence-corrected chi connectivity index (χ0v) is 19.9. The number of carbonyl (C=O) groups excluding carboxylic acids is 2. The van der Waals surface area contributed by atoms with Crippen LogP contribution in [0, 0.1) is 0 Å². The molecule has 4 rings (SSSR count). The van der Waals surface area contributed by atoms with Crippen LogP contribution in [0.4, 0.5) is 11.4 Å². The number of rotatable bonds is 7. The van der Waals surface area contributed by atoms with Crippen molar-refractivity contribution in [2.45, 2.75) is 32.8 Å². The molecule has 35 heavy (non-hydrogen) atoms. The van der Waals surface area contributed by atoms with Gasteiger partial charge in [-0.1, -0.05) is 25.1 Å². The number of nitrogen functional groups attached to an aromatic ring is 1. The van der Waals surface area contributed by atoms with Crippen LogP contribution in [0.5, 0.6) is 0 Å². The third-order valence-corrected chi connectivity index (χ3v) is 5.79. The van der Waals surface area contributed by atoms with Crippen LogP contribution in [0.1, 0.15) is 47.7 Å². The number of aliphatic imine (C=N–C) groups is 1. The van der Waals surface area contributed by atoms with Crippen molar-refractivity contribution < 1.29 is 19.2 Å². The van der Waals surface area contributed by atoms with Gasteiger partial charge in [0.2, 0.25) is 0 Å². The molecule has 1 fully saturated rings. The van der Waals surface area contributed by atoms with Crippen LogP contribution in [-0.4, -0.2) is 54.0 Å². The van der Waals surface area contributed by atoms with E-state index in [9.17, 15) is 9.59 Å². The van der Waals surface area contributed by atoms with Crippen molar-refractivity contribution in [3.05, 3.63) is 64.7 Å². The molecule has 2 amide bonds. The average Bonchev–Trinajstić information content (AvgIpc) is 3.04. The lowest BCUT2D eigenvalue weighted by Gasteiger charge is -2.26. The Kier molecular flexibility index (Phi) is 7.79. The topological polar surface area (TPSA) is 123 Å². The Hall–Kier alpha value is -3.69. The summed E-state index contributed by atoms with van der Waals surface area (Å²) in [5.74, 6) is -0.0841. The van der Waals surface area contributed by atoms with Gasteiger partial charge in [0.15, 0.2) is 0 Å². The highest BCUT2D eigenvalue weighted by Crippen LogP contribution is 2.29. The van der Waals surface area contributed by atoms with Gasteiger partial charge in [0, 0.05) is 41.9 Å². The summed E-state index contributed by atoms with van der Waals surface area (Å²) in [4.78, 5) is 38.3. The van der Waals surface area contributed by atoms with E-state index in [-0.39, 0.29) is 31.6 Å². The fourth-order valence-corrected chi connectivity index (χ4v) is 3.95. The highest BCUT2D eigenvalue weighted by Gasteiger charge is 2.24. The molecule has 2 aliphatic rings. The van der Waals surface area contributed by atoms with Crippen LogP contribution in [0.2, 0.25) is 0 Å². The van der Waals surface area contributed by atoms with Crippen LogP contribution in [-0.2, 0) is 21.0 Å². The van der Waals surface area contributed by atoms with Crippen molar-refractivity contribution in [2.24, 2.45) is 10.7 Å². The van der Waals surface area contributed by atoms with Gasteiger partial charge in [-0.25, -0.2) is 10.1 Å². The first-order valence-corrected chi connectivity index (χ1v) is 11.8. The zero-order valence-electron chi connectivity index (χ0n) is 19.9. The van der Waals surface area contributed by atoms with Crippen molar-refractivity contribution in [1.29, 1.82) is 0 Å². The zero-order chi connectivity index (χ0) is 24.8. The highest BCUT2D eigenvalue weighted by molar-refractivity contribution is 6.05. The quantitative estimate of drug-likeness (QED) is 0.466. The minimum atomic E-state index is -0.265. The molecule has 4 N–H and O–H groups in total. The second kappa shape index (κ2) is 11.2. The minimum absolute atomic E-state index is 0.115. The van der Waals surface area contributed by atoms with Gasteiger partial charge >= 0.3 is 0 Å². The summed E-state index contributed by atoms with van der Waals surface area (Å²) in [5.41, 5.74) is 15.7. The number of hydroxylamine groups is 2. The molecule has 184 valence electrons. The average molecular weight is 478 g/mol. The molecule has 0 unspecified atom stereocenters. The summed E-state index contributed by atoms with van der Waals surface area (Å²) < 4.78 is 5.40. The molecular weight excluding hydrogens is 446 g/mol. The maximum absolute atomic E-state index is 13.4. The molecule has 1 saturated heterocycles. The standard InChI is InChI=1S/C26H31N5O4/c1-2-10-31(35-16-18-4-8-22(27)9-5-18)26(33)21-13-19-6-7-20(14-23(19)29-24(28)15-21)25(32)30-11-3-12-34-17-30/h4-9,13-14H,2-3,10-12,15-17,27H2,1H3,(H2,28,29). The number of hydrogen-bond donors (Lipinski definition) is 2. The summed E-state index contributed by atoms with van der Waals surface area (Å²) in [7, 11) is 0. The number of fused-ring (bicyclic) bond motifs is 1. The van der Waals surface area contributed by atoms with E-state index in [1.54, 1.807) is 41.3 Å². The summed E-state index contributed by atoms with van der Waals surface area (Å²) in [6, 6.07) is 12.6. The number of carbonyl (C=O) groups is 2. The maximum Gasteiger partial charge on any atom is 0.273 e. The fourth-order valence-electron chi connectivity index (χ4n) is 3.95. The van der Waals surface area contributed by atoms with Crippen molar-refractivity contribution in [1.82, 2.24) is 9.96 Å². The number of amides is 2. The van der Waals surface area contributed by atoms with Gasteiger partial charge in [-0.15, -0.1) is 0 Å². The molecule has 0 aromatic heterocycles. The smallest absolute Gasteiger partial charge is 0.273 e. The van der Waals surface area contributed by atoms with E-state index in [1.807, 2.05) is 19.1 Å². The Bertz CT molecular complexity index is 1140. The van der Waals surface area contributed by atoms with Gasteiger partial charge in [0.1, 0.15) is 19.2 Å². The van der Waals surface area contributed by atoms with Crippen LogP contribution in [0.25, 0.3) is 6.08 Å². The Balaban J connectivity index is 1.53. The maximum atomic E-state index is 13.4. The number of anilines is 1. The van der Waals surface area contributed by atoms with Gasteiger partial charge in [-0.3, -0.25) is 14.4 Å². The van der Waals surface area contributed by atoms with Gasteiger partial charge in [0.25, 0.3) is 11.8 Å². The molecular formula is C26H31N5O4. The molecule has 0 bridgehead atoms. The number of hydrogen-bond acceptors (Lipinski definition) is 7. The molecule has 0 aliphatic carbocycles. The first-order valence-electron chi connectivity index (χ1n) is 11.8. The normalized spacial score (nSPS) is 15.5. The summed E-state index contributed by atoms with van der Waals surface area (Å²) in [6.45, 7) is 4.25. The molecule has 2 aromatic rings. The lowest BCUT2D eigenvalue weighted by Crippen LogP contribution is -2.38. The van der Waals surface area contributed by atoms with E-state index in [2.05, 4.69) is 4.99 Å². The van der Waals surface area contributed by atoms with E-state index in [0.29, 0.717) is 48.0 Å². The van der Waals surface area contributed by atoms with Crippen molar-refractivity contribution >= 4 is 35.1 Å². The minimum Gasteiger partial charge on any atom is -0.399 e. The Morgan fingerprint density at radius 3 is 2.69 bits per heavy atom. The van der Waals surface area contributed by atoms with Gasteiger partial charge in [-0.05, 0) is 48.7 Å². The van der Waals surface area contributed by atoms with E-state index < -0.39 is 0 Å². The molecule has 2 aromatic carbocycles. The molecule has 0 radical (unpaired) electrons. The van der Waals surface area contributed by atoms with Gasteiger partial charge < -0.3 is 21.1 Å². The predicted molar refractivity (Wildman–Crippen MR) is 134 cm³/mol. The summed E-state index contributed by atoms with van der Waals surface area (Å²) in [6.07, 6.45) is 3.49. The lowest BCUT2D eigenvalue weighted by molar-refractivity contribution is -0.187. The van der Waals surface area contributed by atoms with Crippen molar-refractivity contribution in [2.75, 3.05) is 32.2 Å². The van der Waals surface area contributed by atoms with Gasteiger partial charge in [-0.2, -0.15) is 0 Å². The van der Waals surface area contributed by atoms with E-state index in [4.69, 9.17) is 21.0 Å². The molecule has 2 aliphatic heterocycles. The van der Waals surface area contributed by atoms with Crippen LogP contribution in [0.3, 0.4) is 0 Å². The van der Waals surface area contributed by atoms with E-state index in [0.717, 1.165) is 24.0 Å². The van der Waals surface area contributed by atoms with Crippen LogP contribution >= 0.6 is 0 Å². The summed E-state index contributed by atoms with van der Waals surface area (Å²) >= 11 is 0.